The monoisotopic (exact) mass is 204 g/mol. The maximum Gasteiger partial charge on any atom is 0.180 e. The molecule has 2 rings (SSSR count). The fourth-order valence-electron chi connectivity index (χ4n) is 1.71. The summed E-state index contributed by atoms with van der Waals surface area (Å²) in [5, 5.41) is 2.82. The van der Waals surface area contributed by atoms with Gasteiger partial charge in [0, 0.05) is 11.3 Å². The van der Waals surface area contributed by atoms with Gasteiger partial charge in [-0.15, -0.1) is 23.7 Å². The standard InChI is InChI=1S/C8H12N2S.ClH/c9-8-10-7(5-11-8)6-3-1-2-4-6;/h5-6H,1-4H2,(H2,9,10);1H. The lowest BCUT2D eigenvalue weighted by Crippen LogP contribution is -1.92. The normalized spacial score (nSPS) is 17.7. The summed E-state index contributed by atoms with van der Waals surface area (Å²) in [5.41, 5.74) is 6.78. The second kappa shape index (κ2) is 4.10. The van der Waals surface area contributed by atoms with Gasteiger partial charge in [-0.05, 0) is 12.8 Å². The molecule has 4 heteroatoms. The Morgan fingerprint density at radius 2 is 2.08 bits per heavy atom. The quantitative estimate of drug-likeness (QED) is 0.764. The third-order valence-electron chi connectivity index (χ3n) is 2.31. The van der Waals surface area contributed by atoms with Crippen LogP contribution in [0.5, 0.6) is 0 Å². The van der Waals surface area contributed by atoms with Gasteiger partial charge in [0.1, 0.15) is 0 Å². The van der Waals surface area contributed by atoms with E-state index in [4.69, 9.17) is 5.73 Å². The maximum absolute atomic E-state index is 5.55. The molecule has 0 atom stereocenters. The van der Waals surface area contributed by atoms with Crippen molar-refractivity contribution in [3.8, 4) is 0 Å². The van der Waals surface area contributed by atoms with Crippen LogP contribution < -0.4 is 5.73 Å². The van der Waals surface area contributed by atoms with Crippen molar-refractivity contribution in [3.63, 3.8) is 0 Å². The van der Waals surface area contributed by atoms with Crippen molar-refractivity contribution in [1.82, 2.24) is 4.98 Å². The molecule has 1 fully saturated rings. The topological polar surface area (TPSA) is 38.9 Å². The minimum absolute atomic E-state index is 0. The van der Waals surface area contributed by atoms with Crippen LogP contribution in [0, 0.1) is 0 Å². The first kappa shape index (κ1) is 9.81. The van der Waals surface area contributed by atoms with E-state index in [-0.39, 0.29) is 12.4 Å². The zero-order chi connectivity index (χ0) is 7.68. The van der Waals surface area contributed by atoms with Crippen LogP contribution in [0.3, 0.4) is 0 Å². The Kier molecular flexibility index (Phi) is 3.35. The molecule has 68 valence electrons. The van der Waals surface area contributed by atoms with Crippen molar-refractivity contribution >= 4 is 28.9 Å². The van der Waals surface area contributed by atoms with Gasteiger partial charge >= 0.3 is 0 Å². The molecule has 2 N–H and O–H groups in total. The van der Waals surface area contributed by atoms with Gasteiger partial charge in [0.05, 0.1) is 5.69 Å². The molecule has 1 aliphatic carbocycles. The molecule has 0 spiro atoms. The van der Waals surface area contributed by atoms with E-state index < -0.39 is 0 Å². The van der Waals surface area contributed by atoms with Gasteiger partial charge in [0.15, 0.2) is 5.13 Å². The van der Waals surface area contributed by atoms with E-state index in [1.807, 2.05) is 0 Å². The highest BCUT2D eigenvalue weighted by Gasteiger charge is 2.18. The lowest BCUT2D eigenvalue weighted by molar-refractivity contribution is 0.704. The van der Waals surface area contributed by atoms with E-state index in [0.717, 1.165) is 0 Å². The molecule has 1 aromatic heterocycles. The summed E-state index contributed by atoms with van der Waals surface area (Å²) in [7, 11) is 0. The number of hydrogen-bond donors (Lipinski definition) is 1. The number of anilines is 1. The minimum Gasteiger partial charge on any atom is -0.375 e. The van der Waals surface area contributed by atoms with E-state index in [1.54, 1.807) is 11.3 Å². The molecule has 1 aliphatic rings. The molecular formula is C8H13ClN2S. The van der Waals surface area contributed by atoms with Gasteiger partial charge < -0.3 is 5.73 Å². The van der Waals surface area contributed by atoms with E-state index in [1.165, 1.54) is 31.4 Å². The van der Waals surface area contributed by atoms with E-state index in [9.17, 15) is 0 Å². The molecule has 12 heavy (non-hydrogen) atoms. The number of rotatable bonds is 1. The Morgan fingerprint density at radius 1 is 1.42 bits per heavy atom. The Bertz CT molecular complexity index is 243. The Morgan fingerprint density at radius 3 is 2.58 bits per heavy atom. The smallest absolute Gasteiger partial charge is 0.180 e. The average molecular weight is 205 g/mol. The van der Waals surface area contributed by atoms with Crippen LogP contribution >= 0.6 is 23.7 Å². The summed E-state index contributed by atoms with van der Waals surface area (Å²) >= 11 is 1.56. The number of halogens is 1. The second-order valence-electron chi connectivity index (χ2n) is 3.09. The van der Waals surface area contributed by atoms with Crippen molar-refractivity contribution in [2.24, 2.45) is 0 Å². The Hall–Kier alpha value is -0.280. The van der Waals surface area contributed by atoms with Crippen molar-refractivity contribution in [2.45, 2.75) is 31.6 Å². The van der Waals surface area contributed by atoms with Gasteiger partial charge in [-0.1, -0.05) is 12.8 Å². The first-order valence-electron chi connectivity index (χ1n) is 4.07. The molecule has 2 nitrogen and oxygen atoms in total. The third kappa shape index (κ3) is 1.90. The van der Waals surface area contributed by atoms with Gasteiger partial charge in [-0.25, -0.2) is 4.98 Å². The van der Waals surface area contributed by atoms with E-state index >= 15 is 0 Å². The number of nitrogens with zero attached hydrogens (tertiary/aromatic N) is 1. The first-order chi connectivity index (χ1) is 5.36. The van der Waals surface area contributed by atoms with Crippen LogP contribution in [-0.4, -0.2) is 4.98 Å². The molecule has 0 aliphatic heterocycles. The molecule has 0 aromatic carbocycles. The fourth-order valence-corrected chi connectivity index (χ4v) is 2.35. The molecule has 0 bridgehead atoms. The molecule has 0 saturated heterocycles. The van der Waals surface area contributed by atoms with E-state index in [2.05, 4.69) is 10.4 Å². The molecule has 0 amide bonds. The Labute approximate surface area is 82.6 Å². The first-order valence-corrected chi connectivity index (χ1v) is 4.95. The van der Waals surface area contributed by atoms with Crippen LogP contribution in [0.4, 0.5) is 5.13 Å². The Balaban J connectivity index is 0.000000720. The summed E-state index contributed by atoms with van der Waals surface area (Å²) in [6.45, 7) is 0. The molecule has 1 saturated carbocycles. The zero-order valence-electron chi connectivity index (χ0n) is 6.82. The van der Waals surface area contributed by atoms with Crippen molar-refractivity contribution < 1.29 is 0 Å². The maximum atomic E-state index is 5.55. The summed E-state index contributed by atoms with van der Waals surface area (Å²) < 4.78 is 0. The van der Waals surface area contributed by atoms with Gasteiger partial charge in [-0.2, -0.15) is 0 Å². The number of nitrogen functional groups attached to an aromatic ring is 1. The summed E-state index contributed by atoms with van der Waals surface area (Å²) in [4.78, 5) is 4.29. The van der Waals surface area contributed by atoms with Crippen LogP contribution in [0.15, 0.2) is 5.38 Å². The molecule has 0 radical (unpaired) electrons. The number of hydrogen-bond acceptors (Lipinski definition) is 3. The van der Waals surface area contributed by atoms with Crippen molar-refractivity contribution in [3.05, 3.63) is 11.1 Å². The predicted molar refractivity (Wildman–Crippen MR) is 55.0 cm³/mol. The SMILES string of the molecule is Cl.Nc1nc(C2CCCC2)cs1. The largest absolute Gasteiger partial charge is 0.375 e. The second-order valence-corrected chi connectivity index (χ2v) is 3.98. The molecule has 1 aromatic rings. The highest BCUT2D eigenvalue weighted by Crippen LogP contribution is 2.34. The van der Waals surface area contributed by atoms with Gasteiger partial charge in [0.2, 0.25) is 0 Å². The lowest BCUT2D eigenvalue weighted by atomic mass is 10.1. The van der Waals surface area contributed by atoms with Crippen LogP contribution in [0.25, 0.3) is 0 Å². The predicted octanol–water partition coefficient (Wildman–Crippen LogP) is 2.80. The zero-order valence-corrected chi connectivity index (χ0v) is 8.46. The van der Waals surface area contributed by atoms with Crippen LogP contribution in [0.2, 0.25) is 0 Å². The third-order valence-corrected chi connectivity index (χ3v) is 3.01. The van der Waals surface area contributed by atoms with Gasteiger partial charge in [0.25, 0.3) is 0 Å². The minimum atomic E-state index is 0. The van der Waals surface area contributed by atoms with E-state index in [0.29, 0.717) is 11.0 Å². The summed E-state index contributed by atoms with van der Waals surface area (Å²) in [6.07, 6.45) is 5.34. The lowest BCUT2D eigenvalue weighted by Gasteiger charge is -2.02. The van der Waals surface area contributed by atoms with Crippen LogP contribution in [0.1, 0.15) is 37.3 Å². The highest BCUT2D eigenvalue weighted by molar-refractivity contribution is 7.13. The number of thiazole rings is 1. The fraction of sp³-hybridized carbons (Fsp3) is 0.625. The number of aromatic nitrogens is 1. The van der Waals surface area contributed by atoms with Crippen molar-refractivity contribution in [1.29, 1.82) is 0 Å². The average Bonchev–Trinajstić information content (AvgIpc) is 2.55. The molecule has 1 heterocycles. The van der Waals surface area contributed by atoms with Crippen molar-refractivity contribution in [2.75, 3.05) is 5.73 Å². The number of nitrogens with two attached hydrogens (primary N) is 1. The summed E-state index contributed by atoms with van der Waals surface area (Å²) in [5.74, 6) is 0.712. The molecule has 0 unspecified atom stereocenters. The summed E-state index contributed by atoms with van der Waals surface area (Å²) in [6, 6.07) is 0. The van der Waals surface area contributed by atoms with Crippen LogP contribution in [-0.2, 0) is 0 Å². The van der Waals surface area contributed by atoms with Gasteiger partial charge in [-0.3, -0.25) is 0 Å². The highest BCUT2D eigenvalue weighted by atomic mass is 35.5. The molecular weight excluding hydrogens is 192 g/mol.